The van der Waals surface area contributed by atoms with Crippen LogP contribution in [0.25, 0.3) is 0 Å². The van der Waals surface area contributed by atoms with E-state index < -0.39 is 5.91 Å². The number of nitrogens with zero attached hydrogens (tertiary/aromatic N) is 3. The van der Waals surface area contributed by atoms with Gasteiger partial charge >= 0.3 is 0 Å². The van der Waals surface area contributed by atoms with Crippen molar-refractivity contribution in [3.05, 3.63) is 24.3 Å². The number of piperazine rings is 1. The monoisotopic (exact) mass is 330 g/mol. The quantitative estimate of drug-likeness (QED) is 0.557. The van der Waals surface area contributed by atoms with Gasteiger partial charge in [-0.25, -0.2) is 5.26 Å². The molecule has 1 aliphatic rings. The zero-order valence-electron chi connectivity index (χ0n) is 14.0. The molecular formula is C16H23BN4O3. The van der Waals surface area contributed by atoms with Crippen molar-refractivity contribution in [3.63, 3.8) is 0 Å². The van der Waals surface area contributed by atoms with Crippen LogP contribution in [0, 0.1) is 11.2 Å². The van der Waals surface area contributed by atoms with Crippen molar-refractivity contribution in [1.29, 1.82) is 5.26 Å². The van der Waals surface area contributed by atoms with Gasteiger partial charge in [0.2, 0.25) is 13.8 Å². The van der Waals surface area contributed by atoms with E-state index in [9.17, 15) is 4.79 Å². The Morgan fingerprint density at radius 2 is 1.88 bits per heavy atom. The largest absolute Gasteiger partial charge is 0.497 e. The number of carbonyl (C=O) groups is 1. The molecule has 0 atom stereocenters. The van der Waals surface area contributed by atoms with E-state index in [0.29, 0.717) is 6.61 Å². The number of ether oxygens (including phenoxy) is 2. The van der Waals surface area contributed by atoms with Crippen LogP contribution in [0.1, 0.15) is 0 Å². The Morgan fingerprint density at radius 1 is 1.29 bits per heavy atom. The maximum atomic E-state index is 10.6. The van der Waals surface area contributed by atoms with E-state index in [1.165, 1.54) is 11.7 Å². The number of benzene rings is 1. The first-order valence-electron chi connectivity index (χ1n) is 7.67. The van der Waals surface area contributed by atoms with Crippen molar-refractivity contribution in [1.82, 2.24) is 4.90 Å². The number of nitriles is 1. The van der Waals surface area contributed by atoms with Gasteiger partial charge in [0.25, 0.3) is 0 Å². The molecule has 0 saturated carbocycles. The van der Waals surface area contributed by atoms with Crippen molar-refractivity contribution in [2.45, 2.75) is 0 Å². The average molecular weight is 330 g/mol. The molecule has 1 saturated heterocycles. The molecule has 2 radical (unpaired) electrons. The second kappa shape index (κ2) is 11.3. The summed E-state index contributed by atoms with van der Waals surface area (Å²) in [6.45, 7) is 5.35. The minimum Gasteiger partial charge on any atom is -0.497 e. The lowest BCUT2D eigenvalue weighted by Gasteiger charge is -2.36. The van der Waals surface area contributed by atoms with Gasteiger partial charge in [-0.05, 0) is 30.2 Å². The first-order chi connectivity index (χ1) is 11.6. The lowest BCUT2D eigenvalue weighted by molar-refractivity contribution is -0.122. The molecule has 1 heterocycles. The predicted octanol–water partition coefficient (Wildman–Crippen LogP) is -0.0449. The van der Waals surface area contributed by atoms with Crippen molar-refractivity contribution in [2.75, 3.05) is 57.9 Å². The van der Waals surface area contributed by atoms with Gasteiger partial charge in [0.15, 0.2) is 0 Å². The summed E-state index contributed by atoms with van der Waals surface area (Å²) >= 11 is 0. The SMILES string of the molecule is COc1ccc(N2CCN(CCOCC(N)=O)CC2)cc1.[B]C#N. The fraction of sp³-hybridized carbons (Fsp3) is 0.500. The maximum Gasteiger partial charge on any atom is 0.243 e. The molecule has 2 rings (SSSR count). The van der Waals surface area contributed by atoms with Gasteiger partial charge in [-0.3, -0.25) is 9.69 Å². The minimum atomic E-state index is -0.417. The second-order valence-corrected chi connectivity index (χ2v) is 5.17. The smallest absolute Gasteiger partial charge is 0.243 e. The Morgan fingerprint density at radius 3 is 2.38 bits per heavy atom. The lowest BCUT2D eigenvalue weighted by atomic mass is 10.2. The summed E-state index contributed by atoms with van der Waals surface area (Å²) in [5, 5.41) is 7.10. The van der Waals surface area contributed by atoms with Crippen LogP contribution in [0.15, 0.2) is 24.3 Å². The summed E-state index contributed by atoms with van der Waals surface area (Å²) in [6.07, 6.45) is 0. The maximum absolute atomic E-state index is 10.6. The van der Waals surface area contributed by atoms with Crippen LogP contribution >= 0.6 is 0 Å². The number of methoxy groups -OCH3 is 1. The first kappa shape index (κ1) is 19.8. The molecule has 24 heavy (non-hydrogen) atoms. The summed E-state index contributed by atoms with van der Waals surface area (Å²) < 4.78 is 10.4. The lowest BCUT2D eigenvalue weighted by Crippen LogP contribution is -2.47. The molecule has 1 aromatic carbocycles. The van der Waals surface area contributed by atoms with E-state index >= 15 is 0 Å². The molecule has 0 spiro atoms. The molecule has 1 fully saturated rings. The van der Waals surface area contributed by atoms with Crippen LogP contribution in [0.5, 0.6) is 5.75 Å². The highest BCUT2D eigenvalue weighted by Crippen LogP contribution is 2.20. The van der Waals surface area contributed by atoms with E-state index in [2.05, 4.69) is 29.8 Å². The fourth-order valence-corrected chi connectivity index (χ4v) is 2.39. The Hall–Kier alpha value is -2.24. The van der Waals surface area contributed by atoms with Crippen molar-refractivity contribution in [2.24, 2.45) is 5.73 Å². The molecule has 128 valence electrons. The standard InChI is InChI=1S/C15H23N3O3.CBN/c1-20-14-4-2-13(3-5-14)18-8-6-17(7-9-18)10-11-21-12-15(16)19;2-1-3/h2-5H,6-12H2,1H3,(H2,16,19);. The summed E-state index contributed by atoms with van der Waals surface area (Å²) in [5.74, 6) is 1.71. The molecule has 0 aromatic heterocycles. The highest BCUT2D eigenvalue weighted by molar-refractivity contribution is 6.20. The summed E-state index contributed by atoms with van der Waals surface area (Å²) in [5.41, 5.74) is 6.24. The number of nitrogens with two attached hydrogens (primary N) is 1. The zero-order valence-corrected chi connectivity index (χ0v) is 14.0. The summed E-state index contributed by atoms with van der Waals surface area (Å²) in [6, 6.07) is 8.15. The van der Waals surface area contributed by atoms with Crippen LogP contribution < -0.4 is 15.4 Å². The minimum absolute atomic E-state index is 0.00577. The highest BCUT2D eigenvalue weighted by Gasteiger charge is 2.16. The highest BCUT2D eigenvalue weighted by atomic mass is 16.5. The molecule has 2 N–H and O–H groups in total. The van der Waals surface area contributed by atoms with Crippen LogP contribution in [-0.4, -0.2) is 71.7 Å². The van der Waals surface area contributed by atoms with Gasteiger partial charge in [-0.15, -0.1) is 0 Å². The van der Waals surface area contributed by atoms with Crippen LogP contribution in [0.4, 0.5) is 5.69 Å². The number of primary amides is 1. The number of hydrogen-bond acceptors (Lipinski definition) is 6. The van der Waals surface area contributed by atoms with Crippen molar-refractivity contribution in [3.8, 4) is 11.7 Å². The normalized spacial score (nSPS) is 14.2. The second-order valence-electron chi connectivity index (χ2n) is 5.17. The van der Waals surface area contributed by atoms with E-state index in [1.807, 2.05) is 12.1 Å². The van der Waals surface area contributed by atoms with E-state index in [0.717, 1.165) is 38.5 Å². The van der Waals surface area contributed by atoms with Crippen LogP contribution in [0.2, 0.25) is 0 Å². The van der Waals surface area contributed by atoms with Gasteiger partial charge in [-0.2, -0.15) is 0 Å². The third-order valence-corrected chi connectivity index (χ3v) is 3.61. The van der Waals surface area contributed by atoms with Gasteiger partial charge in [0.05, 0.1) is 13.7 Å². The number of anilines is 1. The van der Waals surface area contributed by atoms with Crippen LogP contribution in [-0.2, 0) is 9.53 Å². The average Bonchev–Trinajstić information content (AvgIpc) is 2.60. The van der Waals surface area contributed by atoms with Gasteiger partial charge in [0, 0.05) is 38.4 Å². The number of hydrogen-bond donors (Lipinski definition) is 1. The third kappa shape index (κ3) is 7.35. The molecule has 1 aromatic rings. The van der Waals surface area contributed by atoms with E-state index in [-0.39, 0.29) is 6.61 Å². The van der Waals surface area contributed by atoms with E-state index in [1.54, 1.807) is 7.11 Å². The van der Waals surface area contributed by atoms with E-state index in [4.69, 9.17) is 20.5 Å². The summed E-state index contributed by atoms with van der Waals surface area (Å²) in [7, 11) is 5.83. The number of carbonyl (C=O) groups excluding carboxylic acids is 1. The van der Waals surface area contributed by atoms with Crippen LogP contribution in [0.3, 0.4) is 0 Å². The molecule has 7 nitrogen and oxygen atoms in total. The van der Waals surface area contributed by atoms with Gasteiger partial charge < -0.3 is 20.1 Å². The molecule has 0 bridgehead atoms. The van der Waals surface area contributed by atoms with Gasteiger partial charge in [0.1, 0.15) is 12.4 Å². The molecule has 1 amide bonds. The topological polar surface area (TPSA) is 91.8 Å². The first-order valence-corrected chi connectivity index (χ1v) is 7.67. The Balaban J connectivity index is 0.000000891. The Labute approximate surface area is 144 Å². The van der Waals surface area contributed by atoms with Gasteiger partial charge in [-0.1, -0.05) is 0 Å². The molecule has 8 heteroatoms. The molecule has 0 aliphatic carbocycles. The van der Waals surface area contributed by atoms with Crippen molar-refractivity contribution >= 4 is 19.4 Å². The molecule has 0 unspecified atom stereocenters. The Bertz CT molecular complexity index is 525. The molecule has 1 aliphatic heterocycles. The summed E-state index contributed by atoms with van der Waals surface area (Å²) in [4.78, 5) is 15.3. The number of amides is 1. The molecular weight excluding hydrogens is 307 g/mol. The Kier molecular flexibility index (Phi) is 9.35. The predicted molar refractivity (Wildman–Crippen MR) is 93.0 cm³/mol. The number of rotatable bonds is 7. The third-order valence-electron chi connectivity index (χ3n) is 3.61. The zero-order chi connectivity index (χ0) is 17.8. The fourth-order valence-electron chi connectivity index (χ4n) is 2.39. The van der Waals surface area contributed by atoms with Crippen molar-refractivity contribution < 1.29 is 14.3 Å².